The lowest BCUT2D eigenvalue weighted by atomic mass is 9.94. The molecule has 3 nitrogen and oxygen atoms in total. The first kappa shape index (κ1) is 13.5. The molecule has 16 heavy (non-hydrogen) atoms. The van der Waals surface area contributed by atoms with Crippen LogP contribution >= 0.6 is 0 Å². The Morgan fingerprint density at radius 1 is 1.38 bits per heavy atom. The van der Waals surface area contributed by atoms with Crippen LogP contribution in [-0.2, 0) is 4.79 Å². The maximum Gasteiger partial charge on any atom is 0.223 e. The first-order chi connectivity index (χ1) is 7.50. The number of nitrogens with one attached hydrogen (secondary N) is 2. The molecule has 0 saturated carbocycles. The van der Waals surface area contributed by atoms with Gasteiger partial charge in [-0.1, -0.05) is 20.8 Å². The molecule has 1 amide bonds. The third-order valence-corrected chi connectivity index (χ3v) is 3.74. The van der Waals surface area contributed by atoms with Crippen LogP contribution in [0.25, 0.3) is 0 Å². The highest BCUT2D eigenvalue weighted by atomic mass is 16.1. The summed E-state index contributed by atoms with van der Waals surface area (Å²) in [7, 11) is 0. The van der Waals surface area contributed by atoms with Crippen molar-refractivity contribution in [2.45, 2.75) is 46.6 Å². The van der Waals surface area contributed by atoms with Crippen molar-refractivity contribution in [1.29, 1.82) is 0 Å². The molecule has 3 unspecified atom stereocenters. The Morgan fingerprint density at radius 2 is 2.06 bits per heavy atom. The van der Waals surface area contributed by atoms with Crippen LogP contribution in [0.4, 0.5) is 0 Å². The zero-order valence-corrected chi connectivity index (χ0v) is 11.0. The molecule has 0 bridgehead atoms. The summed E-state index contributed by atoms with van der Waals surface area (Å²) in [6.45, 7) is 10.3. The highest BCUT2D eigenvalue weighted by molar-refractivity contribution is 5.78. The van der Waals surface area contributed by atoms with E-state index in [2.05, 4.69) is 31.4 Å². The summed E-state index contributed by atoms with van der Waals surface area (Å²) in [5.41, 5.74) is 0. The summed E-state index contributed by atoms with van der Waals surface area (Å²) in [4.78, 5) is 11.8. The minimum atomic E-state index is 0.121. The van der Waals surface area contributed by atoms with Gasteiger partial charge in [0.1, 0.15) is 0 Å². The van der Waals surface area contributed by atoms with Gasteiger partial charge in [0.2, 0.25) is 5.91 Å². The smallest absolute Gasteiger partial charge is 0.223 e. The average Bonchev–Trinajstić information content (AvgIpc) is 2.26. The van der Waals surface area contributed by atoms with Crippen molar-refractivity contribution < 1.29 is 4.79 Å². The molecule has 0 aromatic heterocycles. The van der Waals surface area contributed by atoms with E-state index in [1.807, 2.05) is 6.92 Å². The largest absolute Gasteiger partial charge is 0.356 e. The maximum atomic E-state index is 11.8. The molecule has 1 rings (SSSR count). The Balaban J connectivity index is 2.22. The van der Waals surface area contributed by atoms with Crippen molar-refractivity contribution >= 4 is 5.91 Å². The molecule has 0 aliphatic carbocycles. The van der Waals surface area contributed by atoms with Gasteiger partial charge in [0.05, 0.1) is 0 Å². The second kappa shape index (κ2) is 6.24. The lowest BCUT2D eigenvalue weighted by Crippen LogP contribution is -2.43. The van der Waals surface area contributed by atoms with Gasteiger partial charge in [0.15, 0.2) is 0 Å². The van der Waals surface area contributed by atoms with Gasteiger partial charge in [-0.25, -0.2) is 0 Å². The van der Waals surface area contributed by atoms with E-state index in [4.69, 9.17) is 0 Å². The molecule has 1 saturated heterocycles. The summed E-state index contributed by atoms with van der Waals surface area (Å²) in [6.07, 6.45) is 2.45. The molecule has 2 N–H and O–H groups in total. The molecule has 1 aliphatic heterocycles. The summed E-state index contributed by atoms with van der Waals surface area (Å²) < 4.78 is 0. The number of rotatable bonds is 4. The fourth-order valence-corrected chi connectivity index (χ4v) is 1.94. The van der Waals surface area contributed by atoms with E-state index in [9.17, 15) is 4.79 Å². The molecular weight excluding hydrogens is 200 g/mol. The number of hydrogen-bond donors (Lipinski definition) is 2. The third-order valence-electron chi connectivity index (χ3n) is 3.74. The predicted octanol–water partition coefficient (Wildman–Crippen LogP) is 1.78. The van der Waals surface area contributed by atoms with Gasteiger partial charge in [-0.3, -0.25) is 4.79 Å². The first-order valence-corrected chi connectivity index (χ1v) is 6.51. The van der Waals surface area contributed by atoms with Crippen LogP contribution in [0.5, 0.6) is 0 Å². The van der Waals surface area contributed by atoms with Gasteiger partial charge < -0.3 is 10.6 Å². The Labute approximate surface area is 99.4 Å². The maximum absolute atomic E-state index is 11.8. The van der Waals surface area contributed by atoms with Crippen molar-refractivity contribution in [3.8, 4) is 0 Å². The van der Waals surface area contributed by atoms with E-state index in [-0.39, 0.29) is 11.8 Å². The van der Waals surface area contributed by atoms with Crippen molar-refractivity contribution in [2.75, 3.05) is 13.1 Å². The summed E-state index contributed by atoms with van der Waals surface area (Å²) in [5.74, 6) is 1.35. The molecule has 1 fully saturated rings. The van der Waals surface area contributed by atoms with Crippen molar-refractivity contribution in [2.24, 2.45) is 17.8 Å². The molecular formula is C13H26N2O. The Hall–Kier alpha value is -0.570. The van der Waals surface area contributed by atoms with Gasteiger partial charge in [-0.15, -0.1) is 0 Å². The molecule has 94 valence electrons. The number of carbonyl (C=O) groups is 1. The third kappa shape index (κ3) is 4.12. The molecule has 0 radical (unpaired) electrons. The summed E-state index contributed by atoms with van der Waals surface area (Å²) in [6, 6.07) is 0.640. The second-order valence-corrected chi connectivity index (χ2v) is 5.53. The number of piperidine rings is 1. The van der Waals surface area contributed by atoms with Crippen LogP contribution in [0.1, 0.15) is 40.5 Å². The van der Waals surface area contributed by atoms with Gasteiger partial charge >= 0.3 is 0 Å². The van der Waals surface area contributed by atoms with Gasteiger partial charge in [0.25, 0.3) is 0 Å². The normalized spacial score (nSPS) is 27.8. The molecule has 3 heteroatoms. The van der Waals surface area contributed by atoms with Gasteiger partial charge in [-0.2, -0.15) is 0 Å². The molecule has 0 aromatic carbocycles. The van der Waals surface area contributed by atoms with Crippen LogP contribution < -0.4 is 10.6 Å². The van der Waals surface area contributed by atoms with E-state index in [0.29, 0.717) is 17.9 Å². The lowest BCUT2D eigenvalue weighted by Gasteiger charge is -2.28. The van der Waals surface area contributed by atoms with Crippen LogP contribution in [-0.4, -0.2) is 25.0 Å². The number of carbonyl (C=O) groups excluding carboxylic acids is 1. The Bertz CT molecular complexity index is 220. The van der Waals surface area contributed by atoms with E-state index < -0.39 is 0 Å². The standard InChI is InChI=1S/C13H26N2O/c1-9(2)11(4)13(16)15-8-12-6-5-10(3)14-7-12/h9-12,14H,5-8H2,1-4H3,(H,15,16). The van der Waals surface area contributed by atoms with E-state index >= 15 is 0 Å². The zero-order chi connectivity index (χ0) is 12.1. The number of amides is 1. The second-order valence-electron chi connectivity index (χ2n) is 5.53. The molecule has 3 atom stereocenters. The van der Waals surface area contributed by atoms with Crippen LogP contribution in [0, 0.1) is 17.8 Å². The van der Waals surface area contributed by atoms with Crippen molar-refractivity contribution in [3.05, 3.63) is 0 Å². The SMILES string of the molecule is CC1CCC(CNC(=O)C(C)C(C)C)CN1. The zero-order valence-electron chi connectivity index (χ0n) is 11.0. The summed E-state index contributed by atoms with van der Waals surface area (Å²) in [5, 5.41) is 6.53. The fraction of sp³-hybridized carbons (Fsp3) is 0.923. The van der Waals surface area contributed by atoms with Crippen molar-refractivity contribution in [1.82, 2.24) is 10.6 Å². The number of hydrogen-bond acceptors (Lipinski definition) is 2. The molecule has 0 aromatic rings. The van der Waals surface area contributed by atoms with Crippen molar-refractivity contribution in [3.63, 3.8) is 0 Å². The molecule has 0 spiro atoms. The topological polar surface area (TPSA) is 41.1 Å². The van der Waals surface area contributed by atoms with Crippen LogP contribution in [0.15, 0.2) is 0 Å². The predicted molar refractivity (Wildman–Crippen MR) is 67.2 cm³/mol. The highest BCUT2D eigenvalue weighted by Crippen LogP contribution is 2.14. The van der Waals surface area contributed by atoms with Crippen LogP contribution in [0.2, 0.25) is 0 Å². The Morgan fingerprint density at radius 3 is 2.56 bits per heavy atom. The summed E-state index contributed by atoms with van der Waals surface area (Å²) >= 11 is 0. The van der Waals surface area contributed by atoms with E-state index in [0.717, 1.165) is 13.1 Å². The molecule has 1 aliphatic rings. The average molecular weight is 226 g/mol. The minimum absolute atomic E-state index is 0.121. The quantitative estimate of drug-likeness (QED) is 0.767. The van der Waals surface area contributed by atoms with Gasteiger partial charge in [-0.05, 0) is 38.1 Å². The van der Waals surface area contributed by atoms with E-state index in [1.165, 1.54) is 12.8 Å². The first-order valence-electron chi connectivity index (χ1n) is 6.51. The molecule has 1 heterocycles. The van der Waals surface area contributed by atoms with Crippen LogP contribution in [0.3, 0.4) is 0 Å². The minimum Gasteiger partial charge on any atom is -0.356 e. The lowest BCUT2D eigenvalue weighted by molar-refractivity contribution is -0.125. The fourth-order valence-electron chi connectivity index (χ4n) is 1.94. The van der Waals surface area contributed by atoms with E-state index in [1.54, 1.807) is 0 Å². The monoisotopic (exact) mass is 226 g/mol. The highest BCUT2D eigenvalue weighted by Gasteiger charge is 2.20. The van der Waals surface area contributed by atoms with Gasteiger partial charge in [0, 0.05) is 18.5 Å². The Kier molecular flexibility index (Phi) is 5.26.